The van der Waals surface area contributed by atoms with Crippen molar-refractivity contribution in [3.63, 3.8) is 0 Å². The van der Waals surface area contributed by atoms with Gasteiger partial charge in [0, 0.05) is 38.6 Å². The normalized spacial score (nSPS) is 13.5. The largest absolute Gasteiger partial charge is 0.439 e. The molecule has 6 nitrogen and oxygen atoms in total. The van der Waals surface area contributed by atoms with Crippen molar-refractivity contribution < 1.29 is 13.9 Å². The molecule has 1 aromatic carbocycles. The van der Waals surface area contributed by atoms with E-state index in [1.54, 1.807) is 24.4 Å². The molecule has 0 saturated heterocycles. The quantitative estimate of drug-likeness (QED) is 0.195. The Kier molecular flexibility index (Phi) is 10.9. The SMILES string of the molecule is CCNC(=NCc1ccc(Oc2ccc(F)cc2)nc1)NCCCOCC1CC1.I. The third-order valence-corrected chi connectivity index (χ3v) is 4.41. The molecule has 0 spiro atoms. The van der Waals surface area contributed by atoms with Crippen LogP contribution in [0.15, 0.2) is 47.6 Å². The molecule has 164 valence electrons. The first kappa shape index (κ1) is 24.3. The van der Waals surface area contributed by atoms with Crippen LogP contribution in [0.25, 0.3) is 0 Å². The molecule has 0 unspecified atom stereocenters. The van der Waals surface area contributed by atoms with Gasteiger partial charge in [-0.3, -0.25) is 0 Å². The van der Waals surface area contributed by atoms with E-state index in [9.17, 15) is 4.39 Å². The fourth-order valence-corrected chi connectivity index (χ4v) is 2.62. The van der Waals surface area contributed by atoms with Crippen molar-refractivity contribution in [1.82, 2.24) is 15.6 Å². The first-order chi connectivity index (χ1) is 14.2. The van der Waals surface area contributed by atoms with Gasteiger partial charge in [0.1, 0.15) is 11.6 Å². The van der Waals surface area contributed by atoms with Gasteiger partial charge in [0.2, 0.25) is 5.88 Å². The van der Waals surface area contributed by atoms with Crippen LogP contribution < -0.4 is 15.4 Å². The van der Waals surface area contributed by atoms with Crippen molar-refractivity contribution in [3.05, 3.63) is 54.0 Å². The summed E-state index contributed by atoms with van der Waals surface area (Å²) in [4.78, 5) is 8.89. The summed E-state index contributed by atoms with van der Waals surface area (Å²) in [6.07, 6.45) is 5.33. The number of rotatable bonds is 11. The Labute approximate surface area is 194 Å². The third kappa shape index (κ3) is 9.25. The molecule has 2 aromatic rings. The minimum atomic E-state index is -0.297. The molecule has 30 heavy (non-hydrogen) atoms. The third-order valence-electron chi connectivity index (χ3n) is 4.41. The van der Waals surface area contributed by atoms with E-state index in [0.29, 0.717) is 18.2 Å². The molecule has 1 aromatic heterocycles. The van der Waals surface area contributed by atoms with Crippen molar-refractivity contribution in [2.75, 3.05) is 26.3 Å². The highest BCUT2D eigenvalue weighted by atomic mass is 127. The molecule has 1 heterocycles. The van der Waals surface area contributed by atoms with Gasteiger partial charge in [0.25, 0.3) is 0 Å². The highest BCUT2D eigenvalue weighted by molar-refractivity contribution is 14.0. The topological polar surface area (TPSA) is 67.8 Å². The lowest BCUT2D eigenvalue weighted by Crippen LogP contribution is -2.38. The van der Waals surface area contributed by atoms with Gasteiger partial charge in [0.05, 0.1) is 6.54 Å². The van der Waals surface area contributed by atoms with Crippen molar-refractivity contribution >= 4 is 29.9 Å². The molecule has 1 fully saturated rings. The zero-order valence-electron chi connectivity index (χ0n) is 17.3. The first-order valence-electron chi connectivity index (χ1n) is 10.2. The summed E-state index contributed by atoms with van der Waals surface area (Å²) in [7, 11) is 0. The molecule has 0 aliphatic heterocycles. The van der Waals surface area contributed by atoms with E-state index in [2.05, 4.69) is 20.6 Å². The molecule has 1 aliphatic carbocycles. The van der Waals surface area contributed by atoms with E-state index in [1.165, 1.54) is 25.0 Å². The lowest BCUT2D eigenvalue weighted by atomic mass is 10.3. The average Bonchev–Trinajstić information content (AvgIpc) is 3.56. The predicted octanol–water partition coefficient (Wildman–Crippen LogP) is 4.50. The maximum Gasteiger partial charge on any atom is 0.219 e. The number of pyridine rings is 1. The Balaban J connectivity index is 0.00000320. The fraction of sp³-hybridized carbons (Fsp3) is 0.455. The Morgan fingerprint density at radius 3 is 2.63 bits per heavy atom. The number of halogens is 2. The number of ether oxygens (including phenoxy) is 2. The summed E-state index contributed by atoms with van der Waals surface area (Å²) in [5.41, 5.74) is 0.974. The Morgan fingerprint density at radius 1 is 1.17 bits per heavy atom. The zero-order valence-corrected chi connectivity index (χ0v) is 19.6. The van der Waals surface area contributed by atoms with Gasteiger partial charge in [-0.25, -0.2) is 14.4 Å². The fourth-order valence-electron chi connectivity index (χ4n) is 2.62. The van der Waals surface area contributed by atoms with Crippen LogP contribution in [0.3, 0.4) is 0 Å². The average molecular weight is 528 g/mol. The number of hydrogen-bond acceptors (Lipinski definition) is 4. The van der Waals surface area contributed by atoms with Crippen LogP contribution in [0.1, 0.15) is 31.7 Å². The molecule has 2 N–H and O–H groups in total. The van der Waals surface area contributed by atoms with Gasteiger partial charge in [0.15, 0.2) is 5.96 Å². The van der Waals surface area contributed by atoms with Crippen LogP contribution in [0.4, 0.5) is 4.39 Å². The molecule has 1 aliphatic rings. The van der Waals surface area contributed by atoms with E-state index in [4.69, 9.17) is 9.47 Å². The molecular weight excluding hydrogens is 498 g/mol. The predicted molar refractivity (Wildman–Crippen MR) is 127 cm³/mol. The summed E-state index contributed by atoms with van der Waals surface area (Å²) in [5.74, 6) is 2.30. The lowest BCUT2D eigenvalue weighted by Gasteiger charge is -2.11. The van der Waals surface area contributed by atoms with Gasteiger partial charge in [-0.2, -0.15) is 0 Å². The summed E-state index contributed by atoms with van der Waals surface area (Å²) >= 11 is 0. The molecule has 0 radical (unpaired) electrons. The second-order valence-electron chi connectivity index (χ2n) is 7.05. The molecular formula is C22H30FIN4O2. The Hall–Kier alpha value is -1.94. The van der Waals surface area contributed by atoms with E-state index < -0.39 is 0 Å². The van der Waals surface area contributed by atoms with E-state index in [0.717, 1.165) is 50.2 Å². The van der Waals surface area contributed by atoms with E-state index in [1.807, 2.05) is 13.0 Å². The van der Waals surface area contributed by atoms with Gasteiger partial charge < -0.3 is 20.1 Å². The van der Waals surface area contributed by atoms with Gasteiger partial charge in [-0.05, 0) is 61.9 Å². The van der Waals surface area contributed by atoms with Crippen LogP contribution in [-0.4, -0.2) is 37.2 Å². The molecule has 3 rings (SSSR count). The highest BCUT2D eigenvalue weighted by Crippen LogP contribution is 2.28. The maximum atomic E-state index is 12.9. The van der Waals surface area contributed by atoms with Gasteiger partial charge >= 0.3 is 0 Å². The van der Waals surface area contributed by atoms with Crippen LogP contribution in [0.2, 0.25) is 0 Å². The van der Waals surface area contributed by atoms with Crippen LogP contribution in [0.5, 0.6) is 11.6 Å². The van der Waals surface area contributed by atoms with Crippen molar-refractivity contribution in [3.8, 4) is 11.6 Å². The van der Waals surface area contributed by atoms with Gasteiger partial charge in [-0.1, -0.05) is 6.07 Å². The smallest absolute Gasteiger partial charge is 0.219 e. The molecule has 0 amide bonds. The number of nitrogens with zero attached hydrogens (tertiary/aromatic N) is 2. The summed E-state index contributed by atoms with van der Waals surface area (Å²) in [6.45, 7) is 5.85. The highest BCUT2D eigenvalue weighted by Gasteiger charge is 2.20. The summed E-state index contributed by atoms with van der Waals surface area (Å²) in [6, 6.07) is 9.55. The first-order valence-corrected chi connectivity index (χ1v) is 10.2. The standard InChI is InChI=1S/C22H29FN4O2.HI/c1-2-24-22(25-12-3-13-28-16-17-4-5-17)27-15-18-6-11-21(26-14-18)29-20-9-7-19(23)8-10-20;/h6-11,14,17H,2-5,12-13,15-16H2,1H3,(H2,24,25,27);1H. The van der Waals surface area contributed by atoms with E-state index >= 15 is 0 Å². The van der Waals surface area contributed by atoms with Crippen molar-refractivity contribution in [2.45, 2.75) is 32.7 Å². The maximum absolute atomic E-state index is 12.9. The number of hydrogen-bond donors (Lipinski definition) is 2. The summed E-state index contributed by atoms with van der Waals surface area (Å²) < 4.78 is 24.2. The van der Waals surface area contributed by atoms with Crippen LogP contribution >= 0.6 is 24.0 Å². The zero-order chi connectivity index (χ0) is 20.3. The van der Waals surface area contributed by atoms with Gasteiger partial charge in [-0.15, -0.1) is 24.0 Å². The number of guanidine groups is 1. The minimum absolute atomic E-state index is 0. The van der Waals surface area contributed by atoms with E-state index in [-0.39, 0.29) is 29.8 Å². The summed E-state index contributed by atoms with van der Waals surface area (Å²) in [5, 5.41) is 6.57. The van der Waals surface area contributed by atoms with Crippen LogP contribution in [-0.2, 0) is 11.3 Å². The molecule has 8 heteroatoms. The van der Waals surface area contributed by atoms with Crippen molar-refractivity contribution in [1.29, 1.82) is 0 Å². The molecule has 1 saturated carbocycles. The Morgan fingerprint density at radius 2 is 1.97 bits per heavy atom. The number of nitrogens with one attached hydrogen (secondary N) is 2. The Bertz CT molecular complexity index is 768. The second kappa shape index (κ2) is 13.4. The minimum Gasteiger partial charge on any atom is -0.439 e. The number of aromatic nitrogens is 1. The second-order valence-corrected chi connectivity index (χ2v) is 7.05. The van der Waals surface area contributed by atoms with Crippen LogP contribution in [0, 0.1) is 11.7 Å². The number of aliphatic imine (C=N–C) groups is 1. The lowest BCUT2D eigenvalue weighted by molar-refractivity contribution is 0.123. The monoisotopic (exact) mass is 528 g/mol. The number of benzene rings is 1. The van der Waals surface area contributed by atoms with Crippen molar-refractivity contribution in [2.24, 2.45) is 10.9 Å². The molecule has 0 bridgehead atoms. The molecule has 0 atom stereocenters.